The van der Waals surface area contributed by atoms with E-state index in [4.69, 9.17) is 11.6 Å². The first kappa shape index (κ1) is 14.9. The molecular formula is C17H18ClN4S+. The van der Waals surface area contributed by atoms with Crippen LogP contribution >= 0.6 is 22.9 Å². The van der Waals surface area contributed by atoms with Crippen molar-refractivity contribution in [2.45, 2.75) is 6.54 Å². The molecule has 1 aliphatic rings. The predicted molar refractivity (Wildman–Crippen MR) is 95.5 cm³/mol. The molecule has 0 spiro atoms. The molecule has 0 aliphatic carbocycles. The second kappa shape index (κ2) is 6.43. The van der Waals surface area contributed by atoms with Gasteiger partial charge in [-0.3, -0.25) is 0 Å². The van der Waals surface area contributed by atoms with Crippen LogP contribution in [0.2, 0.25) is 5.02 Å². The fourth-order valence-electron chi connectivity index (χ4n) is 3.18. The van der Waals surface area contributed by atoms with Gasteiger partial charge in [0.15, 0.2) is 0 Å². The van der Waals surface area contributed by atoms with Crippen LogP contribution in [0.1, 0.15) is 5.56 Å². The summed E-state index contributed by atoms with van der Waals surface area (Å²) in [5, 5.41) is 4.08. The van der Waals surface area contributed by atoms with Crippen molar-refractivity contribution >= 4 is 39.0 Å². The Labute approximate surface area is 144 Å². The van der Waals surface area contributed by atoms with E-state index in [1.165, 1.54) is 10.9 Å². The second-order valence-corrected chi connectivity index (χ2v) is 7.21. The van der Waals surface area contributed by atoms with Crippen molar-refractivity contribution < 1.29 is 4.90 Å². The number of halogens is 1. The van der Waals surface area contributed by atoms with Crippen LogP contribution in [0.15, 0.2) is 42.0 Å². The summed E-state index contributed by atoms with van der Waals surface area (Å²) >= 11 is 7.75. The zero-order valence-corrected chi connectivity index (χ0v) is 14.3. The third-order valence-corrected chi connectivity index (χ3v) is 5.41. The molecule has 1 aliphatic heterocycles. The zero-order valence-electron chi connectivity index (χ0n) is 12.7. The van der Waals surface area contributed by atoms with Crippen molar-refractivity contribution in [1.29, 1.82) is 0 Å². The molecule has 0 bridgehead atoms. The number of nitrogens with zero attached hydrogens (tertiary/aromatic N) is 3. The summed E-state index contributed by atoms with van der Waals surface area (Å²) in [7, 11) is 0. The highest BCUT2D eigenvalue weighted by Crippen LogP contribution is 2.26. The van der Waals surface area contributed by atoms with Crippen LogP contribution in [0.4, 0.5) is 5.82 Å². The maximum absolute atomic E-state index is 6.08. The van der Waals surface area contributed by atoms with Gasteiger partial charge in [0.05, 0.1) is 31.6 Å². The Morgan fingerprint density at radius 2 is 2.04 bits per heavy atom. The minimum atomic E-state index is 0.821. The van der Waals surface area contributed by atoms with E-state index in [0.29, 0.717) is 0 Å². The number of thiophene rings is 1. The van der Waals surface area contributed by atoms with Gasteiger partial charge >= 0.3 is 0 Å². The Morgan fingerprint density at radius 1 is 1.17 bits per heavy atom. The van der Waals surface area contributed by atoms with Crippen molar-refractivity contribution in [1.82, 2.24) is 9.97 Å². The van der Waals surface area contributed by atoms with Crippen LogP contribution in [0.3, 0.4) is 0 Å². The molecular weight excluding hydrogens is 328 g/mol. The molecule has 3 aromatic rings. The number of hydrogen-bond acceptors (Lipinski definition) is 4. The summed E-state index contributed by atoms with van der Waals surface area (Å²) in [6.45, 7) is 5.31. The van der Waals surface area contributed by atoms with Crippen LogP contribution < -0.4 is 9.80 Å². The van der Waals surface area contributed by atoms with Crippen LogP contribution in [-0.4, -0.2) is 36.1 Å². The van der Waals surface area contributed by atoms with E-state index in [0.717, 1.165) is 48.4 Å². The number of fused-ring (bicyclic) bond motifs is 1. The van der Waals surface area contributed by atoms with Crippen molar-refractivity contribution in [2.75, 3.05) is 31.1 Å². The lowest BCUT2D eigenvalue weighted by Crippen LogP contribution is -3.13. The molecule has 0 atom stereocenters. The van der Waals surface area contributed by atoms with E-state index in [1.807, 2.05) is 12.1 Å². The number of rotatable bonds is 3. The third kappa shape index (κ3) is 3.17. The lowest BCUT2D eigenvalue weighted by Gasteiger charge is -2.33. The van der Waals surface area contributed by atoms with Crippen molar-refractivity contribution in [2.24, 2.45) is 0 Å². The number of anilines is 1. The molecule has 0 amide bonds. The molecule has 4 rings (SSSR count). The molecule has 0 unspecified atom stereocenters. The Kier molecular flexibility index (Phi) is 4.16. The molecule has 1 saturated heterocycles. The standard InChI is InChI=1S/C17H17ClN4S/c18-14-3-1-2-13(10-14)11-21-5-7-22(8-6-21)16-15-4-9-23-17(15)20-12-19-16/h1-4,9-10,12H,5-8,11H2/p+1. The summed E-state index contributed by atoms with van der Waals surface area (Å²) in [5.74, 6) is 1.08. The van der Waals surface area contributed by atoms with E-state index in [-0.39, 0.29) is 0 Å². The zero-order chi connectivity index (χ0) is 15.6. The first-order valence-electron chi connectivity index (χ1n) is 7.81. The van der Waals surface area contributed by atoms with E-state index in [1.54, 1.807) is 22.6 Å². The molecule has 118 valence electrons. The van der Waals surface area contributed by atoms with Crippen LogP contribution in [0.25, 0.3) is 10.2 Å². The van der Waals surface area contributed by atoms with E-state index in [9.17, 15) is 0 Å². The molecule has 2 aromatic heterocycles. The molecule has 23 heavy (non-hydrogen) atoms. The number of nitrogens with one attached hydrogen (secondary N) is 1. The van der Waals surface area contributed by atoms with Crippen molar-refractivity contribution in [3.05, 3.63) is 52.6 Å². The summed E-state index contributed by atoms with van der Waals surface area (Å²) in [6, 6.07) is 10.3. The molecule has 1 fully saturated rings. The molecule has 0 radical (unpaired) electrons. The van der Waals surface area contributed by atoms with E-state index < -0.39 is 0 Å². The molecule has 1 N–H and O–H groups in total. The summed E-state index contributed by atoms with van der Waals surface area (Å²) in [4.78, 5) is 13.9. The smallest absolute Gasteiger partial charge is 0.141 e. The Bertz CT molecular complexity index is 811. The van der Waals surface area contributed by atoms with Gasteiger partial charge in [-0.05, 0) is 23.6 Å². The highest BCUT2D eigenvalue weighted by molar-refractivity contribution is 7.16. The van der Waals surface area contributed by atoms with Gasteiger partial charge < -0.3 is 9.80 Å². The summed E-state index contributed by atoms with van der Waals surface area (Å²) in [6.07, 6.45) is 1.68. The highest BCUT2D eigenvalue weighted by Gasteiger charge is 2.22. The minimum absolute atomic E-state index is 0.821. The molecule has 4 nitrogen and oxygen atoms in total. The average Bonchev–Trinajstić information content (AvgIpc) is 3.04. The number of hydrogen-bond donors (Lipinski definition) is 1. The van der Waals surface area contributed by atoms with Crippen LogP contribution in [-0.2, 0) is 6.54 Å². The van der Waals surface area contributed by atoms with Gasteiger partial charge in [0, 0.05) is 10.6 Å². The maximum Gasteiger partial charge on any atom is 0.141 e. The predicted octanol–water partition coefficient (Wildman–Crippen LogP) is 2.25. The fourth-order valence-corrected chi connectivity index (χ4v) is 4.12. The van der Waals surface area contributed by atoms with Gasteiger partial charge in [0.25, 0.3) is 0 Å². The number of piperazine rings is 1. The fraction of sp³-hybridized carbons (Fsp3) is 0.294. The molecule has 6 heteroatoms. The number of benzene rings is 1. The Hall–Kier alpha value is -1.69. The Balaban J connectivity index is 1.44. The minimum Gasteiger partial charge on any atom is -0.345 e. The lowest BCUT2D eigenvalue weighted by atomic mass is 10.2. The van der Waals surface area contributed by atoms with Crippen LogP contribution in [0.5, 0.6) is 0 Å². The van der Waals surface area contributed by atoms with Crippen LogP contribution in [0, 0.1) is 0 Å². The first-order chi connectivity index (χ1) is 11.3. The average molecular weight is 346 g/mol. The highest BCUT2D eigenvalue weighted by atomic mass is 35.5. The maximum atomic E-state index is 6.08. The van der Waals surface area contributed by atoms with Gasteiger partial charge in [0.1, 0.15) is 23.5 Å². The molecule has 0 saturated carbocycles. The topological polar surface area (TPSA) is 33.5 Å². The normalized spacial score (nSPS) is 16.1. The second-order valence-electron chi connectivity index (χ2n) is 5.88. The van der Waals surface area contributed by atoms with E-state index >= 15 is 0 Å². The van der Waals surface area contributed by atoms with Gasteiger partial charge in [0.2, 0.25) is 0 Å². The van der Waals surface area contributed by atoms with Crippen molar-refractivity contribution in [3.63, 3.8) is 0 Å². The summed E-state index contributed by atoms with van der Waals surface area (Å²) in [5.41, 5.74) is 1.31. The van der Waals surface area contributed by atoms with Gasteiger partial charge in [-0.1, -0.05) is 23.7 Å². The molecule has 3 heterocycles. The monoisotopic (exact) mass is 345 g/mol. The summed E-state index contributed by atoms with van der Waals surface area (Å²) < 4.78 is 0. The molecule has 1 aromatic carbocycles. The van der Waals surface area contributed by atoms with Gasteiger partial charge in [-0.15, -0.1) is 11.3 Å². The quantitative estimate of drug-likeness (QED) is 0.790. The van der Waals surface area contributed by atoms with Gasteiger partial charge in [-0.25, -0.2) is 9.97 Å². The number of quaternary nitrogens is 1. The SMILES string of the molecule is Clc1cccc(C[NH+]2CCN(c3ncnc4sccc34)CC2)c1. The largest absolute Gasteiger partial charge is 0.345 e. The lowest BCUT2D eigenvalue weighted by molar-refractivity contribution is -0.914. The third-order valence-electron chi connectivity index (χ3n) is 4.35. The van der Waals surface area contributed by atoms with Gasteiger partial charge in [-0.2, -0.15) is 0 Å². The number of aromatic nitrogens is 2. The van der Waals surface area contributed by atoms with E-state index in [2.05, 4.69) is 38.4 Å². The van der Waals surface area contributed by atoms with Crippen molar-refractivity contribution in [3.8, 4) is 0 Å². The Morgan fingerprint density at radius 3 is 2.87 bits per heavy atom. The first-order valence-corrected chi connectivity index (χ1v) is 9.06.